The number of rotatable bonds is 2. The molecule has 0 atom stereocenters. The number of anilines is 1. The van der Waals surface area contributed by atoms with Crippen LogP contribution in [0.1, 0.15) is 5.69 Å². The highest BCUT2D eigenvalue weighted by Crippen LogP contribution is 2.24. The van der Waals surface area contributed by atoms with Crippen LogP contribution in [-0.2, 0) is 5.33 Å². The lowest BCUT2D eigenvalue weighted by Crippen LogP contribution is -2.32. The van der Waals surface area contributed by atoms with E-state index in [1.54, 1.807) is 11.3 Å². The summed E-state index contributed by atoms with van der Waals surface area (Å²) < 4.78 is 0. The summed E-state index contributed by atoms with van der Waals surface area (Å²) in [6.07, 6.45) is 0. The molecule has 1 aromatic rings. The van der Waals surface area contributed by atoms with E-state index in [0.717, 1.165) is 24.1 Å². The quantitative estimate of drug-likeness (QED) is 0.774. The number of nitrogens with zero attached hydrogens (tertiary/aromatic N) is 2. The molecule has 2 heterocycles. The van der Waals surface area contributed by atoms with E-state index in [-0.39, 0.29) is 0 Å². The summed E-state index contributed by atoms with van der Waals surface area (Å²) in [7, 11) is 0. The summed E-state index contributed by atoms with van der Waals surface area (Å²) >= 11 is 7.20. The van der Waals surface area contributed by atoms with Gasteiger partial charge in [0, 0.05) is 35.3 Å². The first-order valence-corrected chi connectivity index (χ1v) is 7.39. The van der Waals surface area contributed by atoms with Crippen LogP contribution in [0.4, 0.5) is 5.13 Å². The van der Waals surface area contributed by atoms with Crippen molar-refractivity contribution in [2.24, 2.45) is 0 Å². The van der Waals surface area contributed by atoms with Gasteiger partial charge in [-0.2, -0.15) is 11.8 Å². The molecule has 1 aromatic heterocycles. The summed E-state index contributed by atoms with van der Waals surface area (Å²) in [6.45, 7) is 2.31. The average molecular weight is 279 g/mol. The van der Waals surface area contributed by atoms with Gasteiger partial charge in [-0.15, -0.1) is 11.3 Å². The van der Waals surface area contributed by atoms with Crippen LogP contribution in [0.15, 0.2) is 5.38 Å². The van der Waals surface area contributed by atoms with Crippen LogP contribution in [-0.4, -0.2) is 29.6 Å². The molecule has 72 valence electrons. The van der Waals surface area contributed by atoms with E-state index in [0.29, 0.717) is 0 Å². The molecular formula is C8H11BrN2S2. The van der Waals surface area contributed by atoms with Gasteiger partial charge in [0.25, 0.3) is 0 Å². The minimum Gasteiger partial charge on any atom is -0.346 e. The molecule has 5 heteroatoms. The van der Waals surface area contributed by atoms with Gasteiger partial charge in [-0.05, 0) is 0 Å². The Bertz CT molecular complexity index is 271. The first-order valence-electron chi connectivity index (χ1n) is 4.23. The Hall–Kier alpha value is 0.260. The molecule has 1 aliphatic rings. The second-order valence-electron chi connectivity index (χ2n) is 2.85. The zero-order valence-corrected chi connectivity index (χ0v) is 10.4. The Balaban J connectivity index is 2.05. The van der Waals surface area contributed by atoms with Gasteiger partial charge in [-0.1, -0.05) is 15.9 Å². The Morgan fingerprint density at radius 1 is 1.46 bits per heavy atom. The lowest BCUT2D eigenvalue weighted by molar-refractivity contribution is 0.850. The van der Waals surface area contributed by atoms with Crippen LogP contribution in [0.2, 0.25) is 0 Å². The molecule has 0 spiro atoms. The molecule has 0 radical (unpaired) electrons. The first-order chi connectivity index (χ1) is 6.40. The zero-order valence-electron chi connectivity index (χ0n) is 7.20. The van der Waals surface area contributed by atoms with E-state index in [1.165, 1.54) is 16.6 Å². The monoisotopic (exact) mass is 278 g/mol. The summed E-state index contributed by atoms with van der Waals surface area (Å²) in [4.78, 5) is 6.92. The predicted octanol–water partition coefficient (Wildman–Crippen LogP) is 2.59. The van der Waals surface area contributed by atoms with Crippen molar-refractivity contribution in [1.29, 1.82) is 0 Å². The lowest BCUT2D eigenvalue weighted by Gasteiger charge is -2.25. The second-order valence-corrected chi connectivity index (χ2v) is 5.48. The molecule has 0 unspecified atom stereocenters. The normalized spacial score (nSPS) is 17.8. The molecule has 1 fully saturated rings. The van der Waals surface area contributed by atoms with Crippen molar-refractivity contribution in [1.82, 2.24) is 4.98 Å². The predicted molar refractivity (Wildman–Crippen MR) is 64.3 cm³/mol. The van der Waals surface area contributed by atoms with Crippen LogP contribution in [0.3, 0.4) is 0 Å². The van der Waals surface area contributed by atoms with E-state index in [2.05, 4.69) is 31.2 Å². The fourth-order valence-corrected chi connectivity index (χ4v) is 3.54. The van der Waals surface area contributed by atoms with E-state index < -0.39 is 0 Å². The van der Waals surface area contributed by atoms with Gasteiger partial charge in [0.15, 0.2) is 5.13 Å². The van der Waals surface area contributed by atoms with E-state index in [1.807, 2.05) is 11.8 Å². The van der Waals surface area contributed by atoms with Gasteiger partial charge in [0.05, 0.1) is 5.69 Å². The highest BCUT2D eigenvalue weighted by molar-refractivity contribution is 9.08. The van der Waals surface area contributed by atoms with Crippen molar-refractivity contribution in [2.75, 3.05) is 29.5 Å². The van der Waals surface area contributed by atoms with E-state index >= 15 is 0 Å². The summed E-state index contributed by atoms with van der Waals surface area (Å²) in [6, 6.07) is 0. The van der Waals surface area contributed by atoms with Crippen molar-refractivity contribution in [3.05, 3.63) is 11.1 Å². The van der Waals surface area contributed by atoms with Gasteiger partial charge < -0.3 is 4.90 Å². The largest absolute Gasteiger partial charge is 0.346 e. The topological polar surface area (TPSA) is 16.1 Å². The van der Waals surface area contributed by atoms with Crippen molar-refractivity contribution >= 4 is 44.2 Å². The summed E-state index contributed by atoms with van der Waals surface area (Å²) in [5, 5.41) is 4.19. The third-order valence-corrected chi connectivity index (χ3v) is 4.43. The maximum atomic E-state index is 4.54. The van der Waals surface area contributed by atoms with E-state index in [9.17, 15) is 0 Å². The van der Waals surface area contributed by atoms with Crippen molar-refractivity contribution in [3.63, 3.8) is 0 Å². The number of hydrogen-bond acceptors (Lipinski definition) is 4. The molecule has 0 N–H and O–H groups in total. The van der Waals surface area contributed by atoms with Gasteiger partial charge in [-0.3, -0.25) is 0 Å². The Labute approximate surface area is 94.9 Å². The molecule has 1 aliphatic heterocycles. The molecule has 1 saturated heterocycles. The third kappa shape index (κ3) is 2.39. The number of thiazole rings is 1. The van der Waals surface area contributed by atoms with Gasteiger partial charge >= 0.3 is 0 Å². The van der Waals surface area contributed by atoms with Crippen molar-refractivity contribution in [2.45, 2.75) is 5.33 Å². The first kappa shape index (κ1) is 9.80. The molecule has 2 rings (SSSR count). The molecule has 2 nitrogen and oxygen atoms in total. The number of alkyl halides is 1. The van der Waals surface area contributed by atoms with Gasteiger partial charge in [0.2, 0.25) is 0 Å². The minimum absolute atomic E-state index is 0.867. The summed E-state index contributed by atoms with van der Waals surface area (Å²) in [5.41, 5.74) is 1.15. The average Bonchev–Trinajstić information content (AvgIpc) is 2.67. The maximum absolute atomic E-state index is 4.54. The Morgan fingerprint density at radius 3 is 2.85 bits per heavy atom. The molecule has 0 amide bonds. The second kappa shape index (κ2) is 4.66. The SMILES string of the molecule is BrCc1csc(N2CCSCC2)n1. The highest BCUT2D eigenvalue weighted by Gasteiger charge is 2.13. The highest BCUT2D eigenvalue weighted by atomic mass is 79.9. The minimum atomic E-state index is 0.867. The van der Waals surface area contributed by atoms with Crippen LogP contribution in [0.5, 0.6) is 0 Å². The maximum Gasteiger partial charge on any atom is 0.185 e. The smallest absolute Gasteiger partial charge is 0.185 e. The fraction of sp³-hybridized carbons (Fsp3) is 0.625. The standard InChI is InChI=1S/C8H11BrN2S2/c9-5-7-6-13-8(10-7)11-1-3-12-4-2-11/h6H,1-5H2. The Morgan fingerprint density at radius 2 is 2.23 bits per heavy atom. The van der Waals surface area contributed by atoms with Crippen LogP contribution in [0, 0.1) is 0 Å². The molecule has 0 saturated carbocycles. The molecule has 0 aliphatic carbocycles. The van der Waals surface area contributed by atoms with Gasteiger partial charge in [0.1, 0.15) is 0 Å². The number of thioether (sulfide) groups is 1. The molecule has 13 heavy (non-hydrogen) atoms. The van der Waals surface area contributed by atoms with Crippen molar-refractivity contribution in [3.8, 4) is 0 Å². The molecular weight excluding hydrogens is 268 g/mol. The van der Waals surface area contributed by atoms with Crippen molar-refractivity contribution < 1.29 is 0 Å². The third-order valence-electron chi connectivity index (χ3n) is 1.96. The van der Waals surface area contributed by atoms with Gasteiger partial charge in [-0.25, -0.2) is 4.98 Å². The molecule has 0 aromatic carbocycles. The van der Waals surface area contributed by atoms with E-state index in [4.69, 9.17) is 0 Å². The van der Waals surface area contributed by atoms with Crippen LogP contribution >= 0.6 is 39.0 Å². The zero-order chi connectivity index (χ0) is 9.10. The summed E-state index contributed by atoms with van der Waals surface area (Å²) in [5.74, 6) is 2.48. The number of halogens is 1. The fourth-order valence-electron chi connectivity index (χ4n) is 1.26. The van der Waals surface area contributed by atoms with Crippen LogP contribution < -0.4 is 4.90 Å². The van der Waals surface area contributed by atoms with Crippen LogP contribution in [0.25, 0.3) is 0 Å². The lowest BCUT2D eigenvalue weighted by atomic mass is 10.5. The number of aromatic nitrogens is 1. The number of hydrogen-bond donors (Lipinski definition) is 0. The molecule has 0 bridgehead atoms. The Kier molecular flexibility index (Phi) is 3.51.